The number of hydrogen-bond acceptors (Lipinski definition) is 6. The van der Waals surface area contributed by atoms with Crippen LogP contribution in [0.15, 0.2) is 39.4 Å². The van der Waals surface area contributed by atoms with E-state index < -0.39 is 5.56 Å². The van der Waals surface area contributed by atoms with Crippen molar-refractivity contribution in [2.75, 3.05) is 0 Å². The van der Waals surface area contributed by atoms with Gasteiger partial charge in [-0.1, -0.05) is 29.8 Å². The van der Waals surface area contributed by atoms with Crippen LogP contribution in [0.4, 0.5) is 5.13 Å². The molecule has 3 aromatic rings. The summed E-state index contributed by atoms with van der Waals surface area (Å²) in [5, 5.41) is 12.1. The van der Waals surface area contributed by atoms with Crippen LogP contribution in [0.1, 0.15) is 11.1 Å². The van der Waals surface area contributed by atoms with Gasteiger partial charge >= 0.3 is 0 Å². The summed E-state index contributed by atoms with van der Waals surface area (Å²) in [7, 11) is 0. The molecule has 0 aliphatic heterocycles. The Kier molecular flexibility index (Phi) is 4.18. The second-order valence-corrected chi connectivity index (χ2v) is 6.05. The lowest BCUT2D eigenvalue weighted by Gasteiger charge is -1.97. The fourth-order valence-corrected chi connectivity index (χ4v) is 2.76. The third-order valence-corrected chi connectivity index (χ3v) is 4.05. The van der Waals surface area contributed by atoms with Gasteiger partial charge in [0.1, 0.15) is 5.56 Å². The standard InChI is InChI=1S/C15H12N4O2S2/c1-8-2-4-9(5-3-8)11-7-23-15(17-11)16-6-10-12(20)18-14(22)19-13(10)21/h2-7H,1H3,(H3,18,19,20,21,22)/b16-6+. The van der Waals surface area contributed by atoms with E-state index >= 15 is 0 Å². The predicted molar refractivity (Wildman–Crippen MR) is 93.5 cm³/mol. The zero-order valence-electron chi connectivity index (χ0n) is 12.0. The Morgan fingerprint density at radius 1 is 1.30 bits per heavy atom. The first-order valence-electron chi connectivity index (χ1n) is 6.65. The molecule has 0 aliphatic rings. The van der Waals surface area contributed by atoms with E-state index in [2.05, 4.69) is 19.9 Å². The lowest BCUT2D eigenvalue weighted by molar-refractivity contribution is 0.449. The van der Waals surface area contributed by atoms with Crippen LogP contribution in [-0.2, 0) is 0 Å². The summed E-state index contributed by atoms with van der Waals surface area (Å²) < 4.78 is 0.0561. The second kappa shape index (κ2) is 6.27. The number of nitrogens with zero attached hydrogens (tertiary/aromatic N) is 2. The maximum Gasteiger partial charge on any atom is 0.264 e. The van der Waals surface area contributed by atoms with Crippen LogP contribution in [0.2, 0.25) is 0 Å². The van der Waals surface area contributed by atoms with Gasteiger partial charge in [-0.25, -0.2) is 9.98 Å². The SMILES string of the molecule is Cc1ccc(-c2csc(/N=C/c3c(O)[nH]c(=S)[nH]c3=O)n2)cc1. The zero-order valence-corrected chi connectivity index (χ0v) is 13.7. The number of aromatic hydroxyl groups is 1. The third kappa shape index (κ3) is 3.43. The normalized spacial score (nSPS) is 11.2. The quantitative estimate of drug-likeness (QED) is 0.502. The fourth-order valence-electron chi connectivity index (χ4n) is 1.90. The Hall–Kier alpha value is -2.58. The van der Waals surface area contributed by atoms with Gasteiger partial charge in [-0.05, 0) is 19.1 Å². The van der Waals surface area contributed by atoms with Crippen molar-refractivity contribution < 1.29 is 5.11 Å². The predicted octanol–water partition coefficient (Wildman–Crippen LogP) is 3.32. The lowest BCUT2D eigenvalue weighted by Crippen LogP contribution is -2.13. The van der Waals surface area contributed by atoms with Gasteiger partial charge in [-0.3, -0.25) is 9.78 Å². The van der Waals surface area contributed by atoms with E-state index in [0.717, 1.165) is 11.3 Å². The molecule has 0 radical (unpaired) electrons. The number of benzene rings is 1. The van der Waals surface area contributed by atoms with Crippen LogP contribution in [0.3, 0.4) is 0 Å². The molecule has 1 aromatic carbocycles. The second-order valence-electron chi connectivity index (χ2n) is 4.81. The molecule has 2 heterocycles. The van der Waals surface area contributed by atoms with Crippen molar-refractivity contribution in [1.29, 1.82) is 0 Å². The van der Waals surface area contributed by atoms with Gasteiger partial charge in [0, 0.05) is 17.2 Å². The Balaban J connectivity index is 1.89. The van der Waals surface area contributed by atoms with Gasteiger partial charge in [-0.2, -0.15) is 0 Å². The monoisotopic (exact) mass is 344 g/mol. The van der Waals surface area contributed by atoms with E-state index in [0.29, 0.717) is 5.13 Å². The molecule has 0 spiro atoms. The molecule has 0 bridgehead atoms. The van der Waals surface area contributed by atoms with Crippen LogP contribution < -0.4 is 5.56 Å². The number of aliphatic imine (C=N–C) groups is 1. The van der Waals surface area contributed by atoms with Crippen LogP contribution in [0.25, 0.3) is 11.3 Å². The summed E-state index contributed by atoms with van der Waals surface area (Å²) in [5.41, 5.74) is 2.49. The highest BCUT2D eigenvalue weighted by molar-refractivity contribution is 7.71. The summed E-state index contributed by atoms with van der Waals surface area (Å²) in [4.78, 5) is 25.1. The number of aromatic nitrogens is 3. The van der Waals surface area contributed by atoms with Gasteiger partial charge in [0.15, 0.2) is 4.77 Å². The minimum atomic E-state index is -0.509. The number of H-pyrrole nitrogens is 2. The Bertz CT molecular complexity index is 984. The molecule has 116 valence electrons. The molecule has 3 N–H and O–H groups in total. The molecular formula is C15H12N4O2S2. The average molecular weight is 344 g/mol. The third-order valence-electron chi connectivity index (χ3n) is 3.10. The average Bonchev–Trinajstić information content (AvgIpc) is 2.96. The largest absolute Gasteiger partial charge is 0.494 e. The van der Waals surface area contributed by atoms with Crippen molar-refractivity contribution in [2.45, 2.75) is 6.92 Å². The molecule has 0 saturated heterocycles. The topological polar surface area (TPSA) is 94.1 Å². The van der Waals surface area contributed by atoms with Crippen LogP contribution in [-0.4, -0.2) is 26.3 Å². The van der Waals surface area contributed by atoms with Crippen molar-refractivity contribution in [3.05, 3.63) is 55.9 Å². The number of aromatic amines is 2. The Labute approximate surface area is 140 Å². The maximum atomic E-state index is 11.7. The fraction of sp³-hybridized carbons (Fsp3) is 0.0667. The Morgan fingerprint density at radius 3 is 2.74 bits per heavy atom. The first-order valence-corrected chi connectivity index (χ1v) is 7.94. The summed E-state index contributed by atoms with van der Waals surface area (Å²) in [5.74, 6) is -0.321. The molecule has 0 saturated carbocycles. The van der Waals surface area contributed by atoms with Gasteiger partial charge in [0.25, 0.3) is 5.56 Å². The summed E-state index contributed by atoms with van der Waals surface area (Å²) in [6.45, 7) is 2.02. The van der Waals surface area contributed by atoms with E-state index in [4.69, 9.17) is 12.2 Å². The van der Waals surface area contributed by atoms with Crippen LogP contribution >= 0.6 is 23.6 Å². The zero-order chi connectivity index (χ0) is 16.4. The molecule has 3 rings (SSSR count). The van der Waals surface area contributed by atoms with Crippen molar-refractivity contribution in [3.8, 4) is 17.1 Å². The van der Waals surface area contributed by atoms with Crippen LogP contribution in [0, 0.1) is 11.7 Å². The molecular weight excluding hydrogens is 332 g/mol. The van der Waals surface area contributed by atoms with Gasteiger partial charge in [0.05, 0.1) is 5.69 Å². The number of hydrogen-bond donors (Lipinski definition) is 3. The van der Waals surface area contributed by atoms with Crippen molar-refractivity contribution in [1.82, 2.24) is 15.0 Å². The highest BCUT2D eigenvalue weighted by Crippen LogP contribution is 2.26. The van der Waals surface area contributed by atoms with Crippen LogP contribution in [0.5, 0.6) is 5.88 Å². The lowest BCUT2D eigenvalue weighted by atomic mass is 10.1. The smallest absolute Gasteiger partial charge is 0.264 e. The first-order chi connectivity index (χ1) is 11.0. The minimum absolute atomic E-state index is 0.00526. The highest BCUT2D eigenvalue weighted by atomic mass is 32.1. The number of nitrogens with one attached hydrogen (secondary N) is 2. The first kappa shape index (κ1) is 15.3. The number of thiazole rings is 1. The molecule has 23 heavy (non-hydrogen) atoms. The highest BCUT2D eigenvalue weighted by Gasteiger charge is 2.06. The molecule has 0 aliphatic carbocycles. The number of rotatable bonds is 3. The van der Waals surface area contributed by atoms with E-state index in [1.807, 2.05) is 36.6 Å². The summed E-state index contributed by atoms with van der Waals surface area (Å²) >= 11 is 6.11. The molecule has 8 heteroatoms. The van der Waals surface area contributed by atoms with Gasteiger partial charge in [-0.15, -0.1) is 11.3 Å². The maximum absolute atomic E-state index is 11.7. The summed E-state index contributed by atoms with van der Waals surface area (Å²) in [6.07, 6.45) is 1.26. The van der Waals surface area contributed by atoms with Gasteiger partial charge in [0.2, 0.25) is 11.0 Å². The van der Waals surface area contributed by atoms with Crippen molar-refractivity contribution >= 4 is 34.9 Å². The van der Waals surface area contributed by atoms with E-state index in [9.17, 15) is 9.90 Å². The minimum Gasteiger partial charge on any atom is -0.494 e. The van der Waals surface area contributed by atoms with Crippen molar-refractivity contribution in [3.63, 3.8) is 0 Å². The molecule has 0 unspecified atom stereocenters. The molecule has 6 nitrogen and oxygen atoms in total. The summed E-state index contributed by atoms with van der Waals surface area (Å²) in [6, 6.07) is 8.01. The van der Waals surface area contributed by atoms with E-state index in [1.165, 1.54) is 23.1 Å². The van der Waals surface area contributed by atoms with Gasteiger partial charge < -0.3 is 10.1 Å². The molecule has 2 aromatic heterocycles. The molecule has 0 fully saturated rings. The number of aryl methyl sites for hydroxylation is 1. The molecule has 0 atom stereocenters. The Morgan fingerprint density at radius 2 is 2.04 bits per heavy atom. The van der Waals surface area contributed by atoms with E-state index in [-0.39, 0.29) is 16.2 Å². The van der Waals surface area contributed by atoms with Crippen molar-refractivity contribution in [2.24, 2.45) is 4.99 Å². The van der Waals surface area contributed by atoms with E-state index in [1.54, 1.807) is 0 Å². The molecule has 0 amide bonds.